The van der Waals surface area contributed by atoms with Crippen molar-refractivity contribution in [3.05, 3.63) is 40.1 Å². The van der Waals surface area contributed by atoms with Gasteiger partial charge in [-0.1, -0.05) is 15.9 Å². The van der Waals surface area contributed by atoms with Gasteiger partial charge in [0.15, 0.2) is 0 Å². The van der Waals surface area contributed by atoms with Crippen molar-refractivity contribution in [3.8, 4) is 0 Å². The van der Waals surface area contributed by atoms with Gasteiger partial charge in [-0.3, -0.25) is 0 Å². The Labute approximate surface area is 134 Å². The Kier molecular flexibility index (Phi) is 5.82. The van der Waals surface area contributed by atoms with Crippen molar-refractivity contribution in [2.45, 2.75) is 33.7 Å². The Morgan fingerprint density at radius 1 is 1.33 bits per heavy atom. The molecule has 5 heteroatoms. The number of nitrogens with zero attached hydrogens (tertiary/aromatic N) is 2. The summed E-state index contributed by atoms with van der Waals surface area (Å²) in [5, 5.41) is 3.39. The van der Waals surface area contributed by atoms with Crippen LogP contribution < -0.4 is 5.32 Å². The number of ether oxygens (including phenoxy) is 1. The van der Waals surface area contributed by atoms with Gasteiger partial charge in [0, 0.05) is 36.1 Å². The van der Waals surface area contributed by atoms with Gasteiger partial charge in [-0.2, -0.15) is 0 Å². The Morgan fingerprint density at radius 2 is 2.14 bits per heavy atom. The molecule has 0 atom stereocenters. The zero-order valence-electron chi connectivity index (χ0n) is 12.8. The van der Waals surface area contributed by atoms with Crippen LogP contribution in [0.3, 0.4) is 0 Å². The van der Waals surface area contributed by atoms with Crippen molar-refractivity contribution in [3.63, 3.8) is 0 Å². The molecule has 0 aliphatic heterocycles. The molecule has 0 aliphatic rings. The van der Waals surface area contributed by atoms with Crippen LogP contribution in [0.15, 0.2) is 28.9 Å². The van der Waals surface area contributed by atoms with Gasteiger partial charge < -0.3 is 14.6 Å². The van der Waals surface area contributed by atoms with Gasteiger partial charge in [0.2, 0.25) is 5.95 Å². The van der Waals surface area contributed by atoms with Crippen molar-refractivity contribution in [2.24, 2.45) is 0 Å². The summed E-state index contributed by atoms with van der Waals surface area (Å²) in [6, 6.07) is 6.21. The molecule has 0 fully saturated rings. The zero-order chi connectivity index (χ0) is 15.2. The highest BCUT2D eigenvalue weighted by atomic mass is 79.9. The molecule has 0 bridgehead atoms. The lowest BCUT2D eigenvalue weighted by atomic mass is 10.2. The standard InChI is InChI=1S/C16H22BrN3O/c1-4-21-9-5-8-20-11-13(3)18-16(20)19-14-6-7-15(17)12(2)10-14/h6-7,10-11H,4-5,8-9H2,1-3H3,(H,18,19). The van der Waals surface area contributed by atoms with E-state index in [1.165, 1.54) is 5.56 Å². The van der Waals surface area contributed by atoms with Gasteiger partial charge in [-0.15, -0.1) is 0 Å². The zero-order valence-corrected chi connectivity index (χ0v) is 14.4. The molecule has 114 valence electrons. The average molecular weight is 352 g/mol. The highest BCUT2D eigenvalue weighted by Gasteiger charge is 2.06. The molecule has 2 aromatic rings. The summed E-state index contributed by atoms with van der Waals surface area (Å²) < 4.78 is 8.65. The van der Waals surface area contributed by atoms with Crippen LogP contribution in [0, 0.1) is 13.8 Å². The van der Waals surface area contributed by atoms with Crippen molar-refractivity contribution in [1.82, 2.24) is 9.55 Å². The van der Waals surface area contributed by atoms with E-state index < -0.39 is 0 Å². The molecule has 1 heterocycles. The van der Waals surface area contributed by atoms with E-state index >= 15 is 0 Å². The number of halogens is 1. The summed E-state index contributed by atoms with van der Waals surface area (Å²) >= 11 is 3.52. The fraction of sp³-hybridized carbons (Fsp3) is 0.438. The number of aromatic nitrogens is 2. The first-order valence-electron chi connectivity index (χ1n) is 7.25. The summed E-state index contributed by atoms with van der Waals surface area (Å²) in [6.07, 6.45) is 3.05. The number of anilines is 2. The first kappa shape index (κ1) is 16.0. The SMILES string of the molecule is CCOCCCn1cc(C)nc1Nc1ccc(Br)c(C)c1. The minimum atomic E-state index is 0.770. The summed E-state index contributed by atoms with van der Waals surface area (Å²) in [7, 11) is 0. The van der Waals surface area contributed by atoms with Gasteiger partial charge in [-0.05, 0) is 51.0 Å². The fourth-order valence-corrected chi connectivity index (χ4v) is 2.40. The number of hydrogen-bond donors (Lipinski definition) is 1. The quantitative estimate of drug-likeness (QED) is 0.749. The molecular formula is C16H22BrN3O. The van der Waals surface area contributed by atoms with Crippen LogP contribution in [0.4, 0.5) is 11.6 Å². The van der Waals surface area contributed by atoms with Gasteiger partial charge >= 0.3 is 0 Å². The van der Waals surface area contributed by atoms with Gasteiger partial charge in [0.25, 0.3) is 0 Å². The molecule has 21 heavy (non-hydrogen) atoms. The van der Waals surface area contributed by atoms with E-state index in [1.807, 2.05) is 26.0 Å². The second-order valence-electron chi connectivity index (χ2n) is 5.04. The van der Waals surface area contributed by atoms with Crippen LogP contribution in [-0.4, -0.2) is 22.8 Å². The first-order chi connectivity index (χ1) is 10.1. The second-order valence-corrected chi connectivity index (χ2v) is 5.89. The van der Waals surface area contributed by atoms with Crippen LogP contribution in [-0.2, 0) is 11.3 Å². The number of aryl methyl sites for hydroxylation is 3. The van der Waals surface area contributed by atoms with Crippen molar-refractivity contribution < 1.29 is 4.74 Å². The predicted molar refractivity (Wildman–Crippen MR) is 90.2 cm³/mol. The first-order valence-corrected chi connectivity index (χ1v) is 8.04. The highest BCUT2D eigenvalue weighted by molar-refractivity contribution is 9.10. The average Bonchev–Trinajstić information content (AvgIpc) is 2.79. The van der Waals surface area contributed by atoms with Gasteiger partial charge in [-0.25, -0.2) is 4.98 Å². The second kappa shape index (κ2) is 7.61. The van der Waals surface area contributed by atoms with Crippen LogP contribution in [0.5, 0.6) is 0 Å². The minimum Gasteiger partial charge on any atom is -0.382 e. The molecule has 0 spiro atoms. The lowest BCUT2D eigenvalue weighted by molar-refractivity contribution is 0.142. The smallest absolute Gasteiger partial charge is 0.207 e. The largest absolute Gasteiger partial charge is 0.382 e. The third-order valence-electron chi connectivity index (χ3n) is 3.20. The molecule has 0 aliphatic carbocycles. The lowest BCUT2D eigenvalue weighted by Gasteiger charge is -2.11. The molecule has 4 nitrogen and oxygen atoms in total. The van der Waals surface area contributed by atoms with Crippen molar-refractivity contribution in [2.75, 3.05) is 18.5 Å². The van der Waals surface area contributed by atoms with Crippen LogP contribution >= 0.6 is 15.9 Å². The summed E-state index contributed by atoms with van der Waals surface area (Å²) in [6.45, 7) is 8.56. The van der Waals surface area contributed by atoms with Crippen molar-refractivity contribution >= 4 is 27.6 Å². The number of benzene rings is 1. The van der Waals surface area contributed by atoms with Gasteiger partial charge in [0.05, 0.1) is 5.69 Å². The molecule has 1 aromatic heterocycles. The Balaban J connectivity index is 2.06. The molecule has 1 N–H and O–H groups in total. The molecular weight excluding hydrogens is 330 g/mol. The molecule has 0 amide bonds. The summed E-state index contributed by atoms with van der Waals surface area (Å²) in [5.41, 5.74) is 3.27. The molecule has 0 saturated carbocycles. The highest BCUT2D eigenvalue weighted by Crippen LogP contribution is 2.23. The van der Waals surface area contributed by atoms with E-state index in [-0.39, 0.29) is 0 Å². The van der Waals surface area contributed by atoms with Crippen LogP contribution in [0.1, 0.15) is 24.6 Å². The van der Waals surface area contributed by atoms with Crippen LogP contribution in [0.25, 0.3) is 0 Å². The van der Waals surface area contributed by atoms with E-state index in [1.54, 1.807) is 0 Å². The maximum absolute atomic E-state index is 5.39. The number of hydrogen-bond acceptors (Lipinski definition) is 3. The Morgan fingerprint density at radius 3 is 2.86 bits per heavy atom. The molecule has 1 aromatic carbocycles. The fourth-order valence-electron chi connectivity index (χ4n) is 2.15. The lowest BCUT2D eigenvalue weighted by Crippen LogP contribution is -2.06. The molecule has 2 rings (SSSR count). The van der Waals surface area contributed by atoms with E-state index in [0.717, 1.165) is 48.0 Å². The third kappa shape index (κ3) is 4.58. The van der Waals surface area contributed by atoms with Crippen LogP contribution in [0.2, 0.25) is 0 Å². The number of nitrogens with one attached hydrogen (secondary N) is 1. The predicted octanol–water partition coefficient (Wildman–Crippen LogP) is 4.43. The minimum absolute atomic E-state index is 0.770. The number of imidazole rings is 1. The normalized spacial score (nSPS) is 10.9. The molecule has 0 unspecified atom stereocenters. The Bertz CT molecular complexity index is 595. The maximum atomic E-state index is 5.39. The summed E-state index contributed by atoms with van der Waals surface area (Å²) in [5.74, 6) is 0.880. The Hall–Kier alpha value is -1.33. The monoisotopic (exact) mass is 351 g/mol. The number of rotatable bonds is 7. The van der Waals surface area contributed by atoms with E-state index in [0.29, 0.717) is 0 Å². The maximum Gasteiger partial charge on any atom is 0.207 e. The van der Waals surface area contributed by atoms with E-state index in [9.17, 15) is 0 Å². The van der Waals surface area contributed by atoms with Crippen molar-refractivity contribution in [1.29, 1.82) is 0 Å². The topological polar surface area (TPSA) is 39.1 Å². The van der Waals surface area contributed by atoms with Gasteiger partial charge in [0.1, 0.15) is 0 Å². The van der Waals surface area contributed by atoms with E-state index in [4.69, 9.17) is 4.74 Å². The van der Waals surface area contributed by atoms with E-state index in [2.05, 4.69) is 50.0 Å². The summed E-state index contributed by atoms with van der Waals surface area (Å²) in [4.78, 5) is 4.56. The molecule has 0 saturated heterocycles. The third-order valence-corrected chi connectivity index (χ3v) is 4.09. The molecule has 0 radical (unpaired) electrons.